The summed E-state index contributed by atoms with van der Waals surface area (Å²) in [6.07, 6.45) is 2.26. The number of nitrogens with one attached hydrogen (secondary N) is 1. The van der Waals surface area contributed by atoms with Gasteiger partial charge in [-0.3, -0.25) is 5.41 Å². The molecule has 20 heavy (non-hydrogen) atoms. The molecule has 4 nitrogen and oxygen atoms in total. The van der Waals surface area contributed by atoms with Crippen LogP contribution < -0.4 is 10.6 Å². The van der Waals surface area contributed by atoms with Crippen LogP contribution in [0.4, 0.5) is 5.69 Å². The van der Waals surface area contributed by atoms with Crippen LogP contribution in [0, 0.1) is 12.3 Å². The molecule has 0 amide bonds. The van der Waals surface area contributed by atoms with Crippen molar-refractivity contribution in [3.8, 4) is 0 Å². The molecule has 1 atom stereocenters. The summed E-state index contributed by atoms with van der Waals surface area (Å²) in [5, 5.41) is 7.85. The summed E-state index contributed by atoms with van der Waals surface area (Å²) in [4.78, 5) is 4.87. The molecular formula is C16H26N4. The van der Waals surface area contributed by atoms with Gasteiger partial charge in [0.2, 0.25) is 0 Å². The van der Waals surface area contributed by atoms with E-state index >= 15 is 0 Å². The number of nitrogen functional groups attached to an aromatic ring is 1. The van der Waals surface area contributed by atoms with E-state index in [1.807, 2.05) is 12.1 Å². The Bertz CT molecular complexity index is 483. The first-order valence-electron chi connectivity index (χ1n) is 7.43. The highest BCUT2D eigenvalue weighted by atomic mass is 15.2. The van der Waals surface area contributed by atoms with Crippen molar-refractivity contribution in [3.63, 3.8) is 0 Å². The molecule has 1 aliphatic heterocycles. The van der Waals surface area contributed by atoms with E-state index in [-0.39, 0.29) is 5.84 Å². The Morgan fingerprint density at radius 1 is 1.40 bits per heavy atom. The van der Waals surface area contributed by atoms with Gasteiger partial charge in [0.25, 0.3) is 0 Å². The van der Waals surface area contributed by atoms with Crippen molar-refractivity contribution in [3.05, 3.63) is 29.3 Å². The molecule has 1 saturated heterocycles. The fourth-order valence-corrected chi connectivity index (χ4v) is 3.14. The first-order chi connectivity index (χ1) is 9.54. The number of para-hydroxylation sites is 1. The minimum Gasteiger partial charge on any atom is -0.384 e. The zero-order valence-electron chi connectivity index (χ0n) is 12.8. The topological polar surface area (TPSA) is 56.4 Å². The van der Waals surface area contributed by atoms with Crippen LogP contribution in [0.15, 0.2) is 18.2 Å². The summed E-state index contributed by atoms with van der Waals surface area (Å²) in [6.45, 7) is 7.59. The zero-order valence-corrected chi connectivity index (χ0v) is 12.8. The Kier molecular flexibility index (Phi) is 4.65. The Morgan fingerprint density at radius 3 is 2.80 bits per heavy atom. The SMILES string of the molecule is CCC1CN(C)CCCN1c1c(C)cccc1C(=N)N. The third kappa shape index (κ3) is 2.96. The summed E-state index contributed by atoms with van der Waals surface area (Å²) in [6, 6.07) is 6.55. The number of aryl methyl sites for hydroxylation is 1. The van der Waals surface area contributed by atoms with Crippen LogP contribution in [0.2, 0.25) is 0 Å². The van der Waals surface area contributed by atoms with Gasteiger partial charge in [0, 0.05) is 24.7 Å². The fourth-order valence-electron chi connectivity index (χ4n) is 3.14. The summed E-state index contributed by atoms with van der Waals surface area (Å²) < 4.78 is 0. The highest BCUT2D eigenvalue weighted by Crippen LogP contribution is 2.29. The van der Waals surface area contributed by atoms with E-state index in [1.165, 1.54) is 5.56 Å². The van der Waals surface area contributed by atoms with E-state index in [4.69, 9.17) is 11.1 Å². The van der Waals surface area contributed by atoms with Crippen molar-refractivity contribution < 1.29 is 0 Å². The normalized spacial score (nSPS) is 20.8. The highest BCUT2D eigenvalue weighted by molar-refractivity contribution is 6.01. The number of likely N-dealkylation sites (N-methyl/N-ethyl adjacent to an activating group) is 1. The largest absolute Gasteiger partial charge is 0.384 e. The number of nitrogens with zero attached hydrogens (tertiary/aromatic N) is 2. The van der Waals surface area contributed by atoms with E-state index in [0.717, 1.165) is 43.7 Å². The maximum absolute atomic E-state index is 7.85. The van der Waals surface area contributed by atoms with Crippen LogP contribution in [0.5, 0.6) is 0 Å². The molecular weight excluding hydrogens is 248 g/mol. The lowest BCUT2D eigenvalue weighted by molar-refractivity contribution is 0.328. The molecule has 0 spiro atoms. The summed E-state index contributed by atoms with van der Waals surface area (Å²) in [5.41, 5.74) is 9.02. The molecule has 0 bridgehead atoms. The monoisotopic (exact) mass is 274 g/mol. The number of amidine groups is 1. The second-order valence-electron chi connectivity index (χ2n) is 5.76. The average molecular weight is 274 g/mol. The first-order valence-corrected chi connectivity index (χ1v) is 7.43. The number of hydrogen-bond donors (Lipinski definition) is 2. The summed E-state index contributed by atoms with van der Waals surface area (Å²) >= 11 is 0. The van der Waals surface area contributed by atoms with Crippen LogP contribution in [0.3, 0.4) is 0 Å². The molecule has 1 heterocycles. The summed E-state index contributed by atoms with van der Waals surface area (Å²) in [7, 11) is 2.19. The molecule has 1 aromatic carbocycles. The van der Waals surface area contributed by atoms with Gasteiger partial charge in [-0.1, -0.05) is 19.1 Å². The molecule has 1 aromatic rings. The number of nitrogens with two attached hydrogens (primary N) is 1. The van der Waals surface area contributed by atoms with Crippen molar-refractivity contribution in [2.75, 3.05) is 31.6 Å². The van der Waals surface area contributed by atoms with E-state index in [2.05, 4.69) is 36.8 Å². The molecule has 3 N–H and O–H groups in total. The molecule has 4 heteroatoms. The van der Waals surface area contributed by atoms with E-state index in [1.54, 1.807) is 0 Å². The molecule has 1 fully saturated rings. The third-order valence-electron chi connectivity index (χ3n) is 4.19. The Hall–Kier alpha value is -1.55. The maximum atomic E-state index is 7.85. The van der Waals surface area contributed by atoms with Gasteiger partial charge in [0.15, 0.2) is 0 Å². The van der Waals surface area contributed by atoms with Crippen LogP contribution in [0.25, 0.3) is 0 Å². The lowest BCUT2D eigenvalue weighted by Crippen LogP contribution is -2.41. The molecule has 0 aliphatic carbocycles. The van der Waals surface area contributed by atoms with Gasteiger partial charge in [-0.05, 0) is 45.0 Å². The van der Waals surface area contributed by atoms with Gasteiger partial charge in [-0.2, -0.15) is 0 Å². The maximum Gasteiger partial charge on any atom is 0.124 e. The predicted octanol–water partition coefficient (Wildman–Crippen LogP) is 2.20. The van der Waals surface area contributed by atoms with Gasteiger partial charge in [-0.25, -0.2) is 0 Å². The lowest BCUT2D eigenvalue weighted by atomic mass is 10.0. The summed E-state index contributed by atoms with van der Waals surface area (Å²) in [5.74, 6) is 0.163. The number of benzene rings is 1. The van der Waals surface area contributed by atoms with Gasteiger partial charge in [-0.15, -0.1) is 0 Å². The Morgan fingerprint density at radius 2 is 2.15 bits per heavy atom. The van der Waals surface area contributed by atoms with Crippen molar-refractivity contribution in [2.45, 2.75) is 32.7 Å². The van der Waals surface area contributed by atoms with Crippen molar-refractivity contribution >= 4 is 11.5 Å². The molecule has 110 valence electrons. The minimum atomic E-state index is 0.163. The Balaban J connectivity index is 2.45. The van der Waals surface area contributed by atoms with Crippen molar-refractivity contribution in [2.24, 2.45) is 5.73 Å². The lowest BCUT2D eigenvalue weighted by Gasteiger charge is -2.34. The molecule has 0 radical (unpaired) electrons. The van der Waals surface area contributed by atoms with Crippen LogP contribution in [0.1, 0.15) is 30.9 Å². The third-order valence-corrected chi connectivity index (χ3v) is 4.19. The number of rotatable bonds is 3. The van der Waals surface area contributed by atoms with E-state index in [0.29, 0.717) is 6.04 Å². The number of hydrogen-bond acceptors (Lipinski definition) is 3. The molecule has 1 unspecified atom stereocenters. The standard InChI is InChI=1S/C16H26N4/c1-4-13-11-19(3)9-6-10-20(13)15-12(2)7-5-8-14(15)16(17)18/h5,7-8,13H,4,6,9-11H2,1-3H3,(H3,17,18). The highest BCUT2D eigenvalue weighted by Gasteiger charge is 2.25. The smallest absolute Gasteiger partial charge is 0.124 e. The van der Waals surface area contributed by atoms with E-state index in [9.17, 15) is 0 Å². The quantitative estimate of drug-likeness (QED) is 0.656. The number of anilines is 1. The van der Waals surface area contributed by atoms with Gasteiger partial charge in [0.05, 0.1) is 5.69 Å². The van der Waals surface area contributed by atoms with Gasteiger partial charge < -0.3 is 15.5 Å². The second kappa shape index (κ2) is 6.27. The molecule has 0 saturated carbocycles. The fraction of sp³-hybridized carbons (Fsp3) is 0.562. The second-order valence-corrected chi connectivity index (χ2v) is 5.76. The van der Waals surface area contributed by atoms with Gasteiger partial charge in [0.1, 0.15) is 5.84 Å². The zero-order chi connectivity index (χ0) is 14.7. The molecule has 2 rings (SSSR count). The average Bonchev–Trinajstić information content (AvgIpc) is 2.59. The molecule has 1 aliphatic rings. The Labute approximate surface area is 122 Å². The van der Waals surface area contributed by atoms with Crippen molar-refractivity contribution in [1.29, 1.82) is 5.41 Å². The predicted molar refractivity (Wildman–Crippen MR) is 85.7 cm³/mol. The van der Waals surface area contributed by atoms with Crippen molar-refractivity contribution in [1.82, 2.24) is 4.90 Å². The van der Waals surface area contributed by atoms with Crippen LogP contribution in [-0.2, 0) is 0 Å². The van der Waals surface area contributed by atoms with E-state index < -0.39 is 0 Å². The van der Waals surface area contributed by atoms with Crippen LogP contribution in [-0.4, -0.2) is 43.5 Å². The molecule has 0 aromatic heterocycles. The van der Waals surface area contributed by atoms with Crippen LogP contribution >= 0.6 is 0 Å². The van der Waals surface area contributed by atoms with Gasteiger partial charge >= 0.3 is 0 Å². The first kappa shape index (κ1) is 14.9. The minimum absolute atomic E-state index is 0.163.